The van der Waals surface area contributed by atoms with Gasteiger partial charge in [0.05, 0.1) is 5.69 Å². The summed E-state index contributed by atoms with van der Waals surface area (Å²) in [6.07, 6.45) is 1.41. The number of aromatic nitrogens is 1. The molecule has 1 heterocycles. The summed E-state index contributed by atoms with van der Waals surface area (Å²) in [6, 6.07) is 10.3. The fraction of sp³-hybridized carbons (Fsp3) is 0.154. The second-order valence-electron chi connectivity index (χ2n) is 3.95. The summed E-state index contributed by atoms with van der Waals surface area (Å²) in [5.74, 6) is 0.559. The molecule has 20 heavy (non-hydrogen) atoms. The standard InChI is InChI=1S/C13H14N4O3/c14-7-8-20-12-4-1-10(2-5-12)16-11-3-6-13(15-9-11)17(18)19/h1-6,9,16H,7-8,14H2. The van der Waals surface area contributed by atoms with E-state index in [1.165, 1.54) is 12.3 Å². The number of anilines is 2. The van der Waals surface area contributed by atoms with E-state index in [2.05, 4.69) is 10.3 Å². The van der Waals surface area contributed by atoms with E-state index in [-0.39, 0.29) is 5.82 Å². The zero-order valence-corrected chi connectivity index (χ0v) is 10.7. The van der Waals surface area contributed by atoms with Crippen LogP contribution in [0, 0.1) is 10.1 Å². The van der Waals surface area contributed by atoms with Crippen molar-refractivity contribution in [1.29, 1.82) is 0 Å². The molecular formula is C13H14N4O3. The largest absolute Gasteiger partial charge is 0.492 e. The Bertz CT molecular complexity index is 569. The topological polar surface area (TPSA) is 103 Å². The maximum Gasteiger partial charge on any atom is 0.363 e. The fourth-order valence-corrected chi connectivity index (χ4v) is 1.55. The zero-order valence-electron chi connectivity index (χ0n) is 10.7. The van der Waals surface area contributed by atoms with Crippen molar-refractivity contribution >= 4 is 17.2 Å². The third kappa shape index (κ3) is 3.66. The third-order valence-corrected chi connectivity index (χ3v) is 2.46. The van der Waals surface area contributed by atoms with Gasteiger partial charge in [-0.2, -0.15) is 0 Å². The first-order chi connectivity index (χ1) is 9.69. The summed E-state index contributed by atoms with van der Waals surface area (Å²) in [6.45, 7) is 0.938. The predicted molar refractivity (Wildman–Crippen MR) is 75.2 cm³/mol. The lowest BCUT2D eigenvalue weighted by Crippen LogP contribution is -2.10. The van der Waals surface area contributed by atoms with E-state index < -0.39 is 4.92 Å². The molecule has 0 aliphatic rings. The van der Waals surface area contributed by atoms with Crippen molar-refractivity contribution < 1.29 is 9.66 Å². The normalized spacial score (nSPS) is 10.1. The van der Waals surface area contributed by atoms with Crippen molar-refractivity contribution in [3.63, 3.8) is 0 Å². The van der Waals surface area contributed by atoms with Crippen molar-refractivity contribution in [2.45, 2.75) is 0 Å². The highest BCUT2D eigenvalue weighted by atomic mass is 16.6. The second kappa shape index (κ2) is 6.48. The lowest BCUT2D eigenvalue weighted by molar-refractivity contribution is -0.389. The van der Waals surface area contributed by atoms with Gasteiger partial charge in [0, 0.05) is 18.3 Å². The van der Waals surface area contributed by atoms with E-state index in [9.17, 15) is 10.1 Å². The van der Waals surface area contributed by atoms with Gasteiger partial charge in [-0.25, -0.2) is 0 Å². The molecule has 7 heteroatoms. The van der Waals surface area contributed by atoms with Crippen LogP contribution in [0.4, 0.5) is 17.2 Å². The summed E-state index contributed by atoms with van der Waals surface area (Å²) >= 11 is 0. The minimum Gasteiger partial charge on any atom is -0.492 e. The van der Waals surface area contributed by atoms with Crippen molar-refractivity contribution in [3.8, 4) is 5.75 Å². The van der Waals surface area contributed by atoms with Crippen LogP contribution in [0.2, 0.25) is 0 Å². The monoisotopic (exact) mass is 274 g/mol. The number of nitrogens with one attached hydrogen (secondary N) is 1. The van der Waals surface area contributed by atoms with E-state index in [1.807, 2.05) is 24.3 Å². The number of nitrogens with zero attached hydrogens (tertiary/aromatic N) is 2. The van der Waals surface area contributed by atoms with Crippen LogP contribution in [0.3, 0.4) is 0 Å². The van der Waals surface area contributed by atoms with Crippen LogP contribution < -0.4 is 15.8 Å². The molecule has 2 rings (SSSR count). The molecule has 3 N–H and O–H groups in total. The van der Waals surface area contributed by atoms with Gasteiger partial charge in [0.15, 0.2) is 6.20 Å². The number of nitro groups is 1. The number of benzene rings is 1. The van der Waals surface area contributed by atoms with Gasteiger partial charge >= 0.3 is 5.82 Å². The van der Waals surface area contributed by atoms with Gasteiger partial charge in [0.25, 0.3) is 0 Å². The molecule has 0 aliphatic heterocycles. The highest BCUT2D eigenvalue weighted by molar-refractivity contribution is 5.59. The molecule has 0 aliphatic carbocycles. The first-order valence-corrected chi connectivity index (χ1v) is 5.99. The van der Waals surface area contributed by atoms with Gasteiger partial charge in [-0.1, -0.05) is 0 Å². The number of pyridine rings is 1. The van der Waals surface area contributed by atoms with E-state index in [1.54, 1.807) is 6.07 Å². The number of rotatable bonds is 6. The van der Waals surface area contributed by atoms with Gasteiger partial charge in [-0.3, -0.25) is 0 Å². The number of ether oxygens (including phenoxy) is 1. The fourth-order valence-electron chi connectivity index (χ4n) is 1.55. The van der Waals surface area contributed by atoms with E-state index >= 15 is 0 Å². The van der Waals surface area contributed by atoms with Crippen LogP contribution >= 0.6 is 0 Å². The van der Waals surface area contributed by atoms with Crippen LogP contribution in [0.25, 0.3) is 0 Å². The summed E-state index contributed by atoms with van der Waals surface area (Å²) in [7, 11) is 0. The lowest BCUT2D eigenvalue weighted by atomic mass is 10.3. The Morgan fingerprint density at radius 1 is 1.20 bits per heavy atom. The SMILES string of the molecule is NCCOc1ccc(Nc2ccc([N+](=O)[O-])nc2)cc1. The first-order valence-electron chi connectivity index (χ1n) is 5.99. The number of hydrogen-bond acceptors (Lipinski definition) is 6. The molecule has 0 spiro atoms. The quantitative estimate of drug-likeness (QED) is 0.617. The Kier molecular flexibility index (Phi) is 4.46. The third-order valence-electron chi connectivity index (χ3n) is 2.46. The van der Waals surface area contributed by atoms with Crippen LogP contribution in [0.1, 0.15) is 0 Å². The van der Waals surface area contributed by atoms with Crippen molar-refractivity contribution in [2.75, 3.05) is 18.5 Å². The summed E-state index contributed by atoms with van der Waals surface area (Å²) in [5.41, 5.74) is 6.86. The van der Waals surface area contributed by atoms with E-state index in [0.717, 1.165) is 11.4 Å². The molecule has 0 saturated heterocycles. The Morgan fingerprint density at radius 2 is 1.90 bits per heavy atom. The zero-order chi connectivity index (χ0) is 14.4. The van der Waals surface area contributed by atoms with Crippen molar-refractivity contribution in [2.24, 2.45) is 5.73 Å². The lowest BCUT2D eigenvalue weighted by Gasteiger charge is -2.07. The highest BCUT2D eigenvalue weighted by Gasteiger charge is 2.06. The van der Waals surface area contributed by atoms with Gasteiger partial charge < -0.3 is 25.9 Å². The predicted octanol–water partition coefficient (Wildman–Crippen LogP) is 2.07. The van der Waals surface area contributed by atoms with Crippen LogP contribution in [0.15, 0.2) is 42.6 Å². The Balaban J connectivity index is 2.00. The van der Waals surface area contributed by atoms with Crippen LogP contribution in [-0.2, 0) is 0 Å². The second-order valence-corrected chi connectivity index (χ2v) is 3.95. The highest BCUT2D eigenvalue weighted by Crippen LogP contribution is 2.20. The Morgan fingerprint density at radius 3 is 2.45 bits per heavy atom. The van der Waals surface area contributed by atoms with Crippen LogP contribution in [-0.4, -0.2) is 23.1 Å². The molecule has 0 saturated carbocycles. The van der Waals surface area contributed by atoms with Gasteiger partial charge in [-0.05, 0) is 40.2 Å². The van der Waals surface area contributed by atoms with Gasteiger partial charge in [0.2, 0.25) is 0 Å². The van der Waals surface area contributed by atoms with Crippen molar-refractivity contribution in [1.82, 2.24) is 4.98 Å². The van der Waals surface area contributed by atoms with Crippen LogP contribution in [0.5, 0.6) is 5.75 Å². The molecule has 2 aromatic rings. The summed E-state index contributed by atoms with van der Waals surface area (Å²) < 4.78 is 5.36. The number of nitrogens with two attached hydrogens (primary N) is 1. The first kappa shape index (κ1) is 13.8. The Hall–Kier alpha value is -2.67. The van der Waals surface area contributed by atoms with E-state index in [4.69, 9.17) is 10.5 Å². The van der Waals surface area contributed by atoms with Gasteiger partial charge in [-0.15, -0.1) is 0 Å². The Labute approximate surface area is 115 Å². The summed E-state index contributed by atoms with van der Waals surface area (Å²) in [5, 5.41) is 13.6. The minimum absolute atomic E-state index is 0.180. The van der Waals surface area contributed by atoms with Gasteiger partial charge in [0.1, 0.15) is 12.4 Å². The van der Waals surface area contributed by atoms with E-state index in [0.29, 0.717) is 18.8 Å². The molecular weight excluding hydrogens is 260 g/mol. The molecule has 104 valence electrons. The maximum atomic E-state index is 10.5. The molecule has 0 amide bonds. The van der Waals surface area contributed by atoms with Crippen molar-refractivity contribution in [3.05, 3.63) is 52.7 Å². The molecule has 0 radical (unpaired) electrons. The average molecular weight is 274 g/mol. The maximum absolute atomic E-state index is 10.5. The smallest absolute Gasteiger partial charge is 0.363 e. The molecule has 0 fully saturated rings. The molecule has 0 bridgehead atoms. The minimum atomic E-state index is -0.534. The molecule has 0 atom stereocenters. The summed E-state index contributed by atoms with van der Waals surface area (Å²) in [4.78, 5) is 13.7. The number of hydrogen-bond donors (Lipinski definition) is 2. The molecule has 0 unspecified atom stereocenters. The molecule has 7 nitrogen and oxygen atoms in total. The molecule has 1 aromatic heterocycles. The average Bonchev–Trinajstić information content (AvgIpc) is 2.47. The molecule has 1 aromatic carbocycles.